The molecule has 0 aliphatic carbocycles. The molecule has 0 aliphatic heterocycles. The van der Waals surface area contributed by atoms with Crippen molar-refractivity contribution in [1.82, 2.24) is 5.53 Å². The predicted octanol–water partition coefficient (Wildman–Crippen LogP) is 5.53. The van der Waals surface area contributed by atoms with Crippen LogP contribution in [-0.4, -0.2) is 6.61 Å². The van der Waals surface area contributed by atoms with Crippen molar-refractivity contribution in [3.63, 3.8) is 0 Å². The molecule has 3 aromatic carbocycles. The van der Waals surface area contributed by atoms with Crippen LogP contribution in [0, 0.1) is 0 Å². The molecule has 0 spiro atoms. The van der Waals surface area contributed by atoms with Crippen LogP contribution in [0.1, 0.15) is 0 Å². The summed E-state index contributed by atoms with van der Waals surface area (Å²) in [5.41, 5.74) is 9.33. The molecule has 0 saturated heterocycles. The molecule has 130 valence electrons. The molecule has 0 aliphatic rings. The molecule has 3 rings (SSSR count). The second kappa shape index (κ2) is 9.03. The first-order valence-corrected chi connectivity index (χ1v) is 8.27. The highest BCUT2D eigenvalue weighted by Crippen LogP contribution is 2.33. The number of anilines is 1. The van der Waals surface area contributed by atoms with E-state index in [1.807, 2.05) is 78.9 Å². The monoisotopic (exact) mass is 344 g/mol. The average molecular weight is 344 g/mol. The first-order chi connectivity index (χ1) is 12.9. The molecule has 0 aromatic heterocycles. The standard InChI is InChI=1S/C21H20N4O/c1-2-15-26-21-16-19(13-14-20(21)17-9-5-3-6-10-17)23-25-24-22-18-11-7-4-8-12-18/h2-14,16H,1,15H2,(H,22,25)(H,23,24). The summed E-state index contributed by atoms with van der Waals surface area (Å²) in [6.45, 7) is 4.13. The van der Waals surface area contributed by atoms with Gasteiger partial charge in [-0.15, -0.1) is 5.11 Å². The van der Waals surface area contributed by atoms with Crippen molar-refractivity contribution in [2.24, 2.45) is 10.3 Å². The maximum absolute atomic E-state index is 5.80. The topological polar surface area (TPSA) is 58.0 Å². The Morgan fingerprint density at radius 3 is 2.38 bits per heavy atom. The van der Waals surface area contributed by atoms with E-state index < -0.39 is 0 Å². The third kappa shape index (κ3) is 4.70. The van der Waals surface area contributed by atoms with Gasteiger partial charge >= 0.3 is 0 Å². The van der Waals surface area contributed by atoms with Crippen LogP contribution in [0.25, 0.3) is 11.1 Å². The van der Waals surface area contributed by atoms with Crippen molar-refractivity contribution in [3.8, 4) is 16.9 Å². The Balaban J connectivity index is 1.73. The maximum Gasteiger partial charge on any atom is 0.129 e. The molecule has 0 saturated carbocycles. The molecule has 3 aromatic rings. The van der Waals surface area contributed by atoms with Crippen molar-refractivity contribution < 1.29 is 4.74 Å². The molecule has 5 heteroatoms. The van der Waals surface area contributed by atoms with Gasteiger partial charge < -0.3 is 4.74 Å². The van der Waals surface area contributed by atoms with Crippen LogP contribution in [0.3, 0.4) is 0 Å². The van der Waals surface area contributed by atoms with E-state index in [0.717, 1.165) is 22.6 Å². The van der Waals surface area contributed by atoms with Gasteiger partial charge in [0, 0.05) is 11.6 Å². The zero-order valence-electron chi connectivity index (χ0n) is 14.3. The fraction of sp³-hybridized carbons (Fsp3) is 0.0476. The van der Waals surface area contributed by atoms with Gasteiger partial charge in [0.1, 0.15) is 12.4 Å². The fourth-order valence-electron chi connectivity index (χ4n) is 2.39. The summed E-state index contributed by atoms with van der Waals surface area (Å²) >= 11 is 0. The minimum atomic E-state index is 0.425. The van der Waals surface area contributed by atoms with Crippen molar-refractivity contribution in [1.29, 1.82) is 0 Å². The van der Waals surface area contributed by atoms with Gasteiger partial charge in [-0.05, 0) is 29.8 Å². The highest BCUT2D eigenvalue weighted by molar-refractivity contribution is 5.72. The van der Waals surface area contributed by atoms with Gasteiger partial charge in [0.05, 0.1) is 11.4 Å². The Bertz CT molecular complexity index is 864. The van der Waals surface area contributed by atoms with Crippen LogP contribution in [0.2, 0.25) is 0 Å². The first kappa shape index (κ1) is 17.2. The van der Waals surface area contributed by atoms with Gasteiger partial charge in [-0.25, -0.2) is 5.53 Å². The van der Waals surface area contributed by atoms with E-state index >= 15 is 0 Å². The number of para-hydroxylation sites is 1. The zero-order chi connectivity index (χ0) is 18.0. The number of hydrazine groups is 1. The van der Waals surface area contributed by atoms with E-state index in [0.29, 0.717) is 12.3 Å². The maximum atomic E-state index is 5.80. The molecule has 0 bridgehead atoms. The first-order valence-electron chi connectivity index (χ1n) is 8.27. The minimum Gasteiger partial charge on any atom is -0.489 e. The van der Waals surface area contributed by atoms with Crippen molar-refractivity contribution in [3.05, 3.63) is 91.5 Å². The molecular formula is C21H20N4O. The van der Waals surface area contributed by atoms with Crippen LogP contribution in [0.5, 0.6) is 5.75 Å². The number of ether oxygens (including phenoxy) is 1. The molecule has 5 nitrogen and oxygen atoms in total. The fourth-order valence-corrected chi connectivity index (χ4v) is 2.39. The number of nitrogens with zero attached hydrogens (tertiary/aromatic N) is 2. The Labute approximate surface area is 153 Å². The summed E-state index contributed by atoms with van der Waals surface area (Å²) in [5, 5.41) is 8.12. The second-order valence-corrected chi connectivity index (χ2v) is 5.45. The Morgan fingerprint density at radius 1 is 0.923 bits per heavy atom. The lowest BCUT2D eigenvalue weighted by molar-refractivity contribution is 0.365. The average Bonchev–Trinajstić information content (AvgIpc) is 2.71. The number of nitrogens with one attached hydrogen (secondary N) is 2. The van der Waals surface area contributed by atoms with Crippen LogP contribution < -0.4 is 15.7 Å². The molecule has 0 unspecified atom stereocenters. The Kier molecular flexibility index (Phi) is 5.99. The van der Waals surface area contributed by atoms with Gasteiger partial charge in [0.25, 0.3) is 0 Å². The normalized spacial score (nSPS) is 10.5. The van der Waals surface area contributed by atoms with Gasteiger partial charge in [-0.1, -0.05) is 66.4 Å². The summed E-state index contributed by atoms with van der Waals surface area (Å²) in [5.74, 6) is 0.739. The van der Waals surface area contributed by atoms with E-state index in [2.05, 4.69) is 27.9 Å². The smallest absolute Gasteiger partial charge is 0.129 e. The third-order valence-electron chi connectivity index (χ3n) is 3.60. The minimum absolute atomic E-state index is 0.425. The van der Waals surface area contributed by atoms with E-state index in [9.17, 15) is 0 Å². The number of hydrogen-bond donors (Lipinski definition) is 2. The van der Waals surface area contributed by atoms with Crippen molar-refractivity contribution in [2.75, 3.05) is 12.0 Å². The third-order valence-corrected chi connectivity index (χ3v) is 3.60. The Hall–Kier alpha value is -3.60. The molecule has 0 amide bonds. The summed E-state index contributed by atoms with van der Waals surface area (Å²) < 4.78 is 5.80. The number of rotatable bonds is 8. The summed E-state index contributed by atoms with van der Waals surface area (Å²) in [4.78, 5) is 0. The molecule has 2 N–H and O–H groups in total. The number of hydrogen-bond acceptors (Lipinski definition) is 4. The van der Waals surface area contributed by atoms with Gasteiger partial charge in [-0.3, -0.25) is 5.43 Å². The van der Waals surface area contributed by atoms with Gasteiger partial charge in [-0.2, -0.15) is 0 Å². The molecule has 26 heavy (non-hydrogen) atoms. The second-order valence-electron chi connectivity index (χ2n) is 5.45. The Morgan fingerprint density at radius 2 is 1.65 bits per heavy atom. The zero-order valence-corrected chi connectivity index (χ0v) is 14.3. The molecule has 0 fully saturated rings. The van der Waals surface area contributed by atoms with E-state index in [1.165, 1.54) is 0 Å². The SMILES string of the molecule is C=CCOc1cc(N=NNNc2ccccc2)ccc1-c1ccccc1. The van der Waals surface area contributed by atoms with Gasteiger partial charge in [0.15, 0.2) is 0 Å². The molecule has 0 atom stereocenters. The van der Waals surface area contributed by atoms with Crippen molar-refractivity contribution >= 4 is 11.4 Å². The van der Waals surface area contributed by atoms with E-state index in [4.69, 9.17) is 4.74 Å². The molecular weight excluding hydrogens is 324 g/mol. The molecule has 0 radical (unpaired) electrons. The van der Waals surface area contributed by atoms with E-state index in [-0.39, 0.29) is 0 Å². The number of benzene rings is 3. The lowest BCUT2D eigenvalue weighted by atomic mass is 10.0. The molecule has 0 heterocycles. The van der Waals surface area contributed by atoms with Crippen LogP contribution in [0.15, 0.2) is 102 Å². The summed E-state index contributed by atoms with van der Waals surface area (Å²) in [7, 11) is 0. The van der Waals surface area contributed by atoms with Crippen molar-refractivity contribution in [2.45, 2.75) is 0 Å². The lowest BCUT2D eigenvalue weighted by Gasteiger charge is -2.11. The predicted molar refractivity (Wildman–Crippen MR) is 105 cm³/mol. The lowest BCUT2D eigenvalue weighted by Crippen LogP contribution is -2.13. The quantitative estimate of drug-likeness (QED) is 0.321. The highest BCUT2D eigenvalue weighted by Gasteiger charge is 2.07. The summed E-state index contributed by atoms with van der Waals surface area (Å²) in [6, 6.07) is 25.5. The largest absolute Gasteiger partial charge is 0.489 e. The van der Waals surface area contributed by atoms with Crippen LogP contribution >= 0.6 is 0 Å². The van der Waals surface area contributed by atoms with Crippen LogP contribution in [0.4, 0.5) is 11.4 Å². The summed E-state index contributed by atoms with van der Waals surface area (Å²) in [6.07, 6.45) is 1.72. The highest BCUT2D eigenvalue weighted by atomic mass is 16.5. The van der Waals surface area contributed by atoms with Gasteiger partial charge in [0.2, 0.25) is 0 Å². The van der Waals surface area contributed by atoms with E-state index in [1.54, 1.807) is 6.08 Å². The van der Waals surface area contributed by atoms with Crippen LogP contribution in [-0.2, 0) is 0 Å².